The molecule has 88 heavy (non-hydrogen) atoms. The zero-order valence-electron chi connectivity index (χ0n) is 57.5. The van der Waals surface area contributed by atoms with E-state index in [0.717, 1.165) is 94.8 Å². The van der Waals surface area contributed by atoms with Gasteiger partial charge in [-0.05, 0) is 274 Å². The summed E-state index contributed by atoms with van der Waals surface area (Å²) < 4.78 is 19.4. The number of nitrogens with one attached hydrogen (secondary N) is 1. The number of rotatable bonds is 23. The van der Waals surface area contributed by atoms with E-state index >= 15 is 0 Å². The summed E-state index contributed by atoms with van der Waals surface area (Å²) in [5, 5.41) is 48.6. The first-order chi connectivity index (χ1) is 38.7. The topological polar surface area (TPSA) is 260 Å². The average Bonchev–Trinajstić information content (AvgIpc) is 3.47. The number of carbonyl (C=O) groups is 5. The van der Waals surface area contributed by atoms with E-state index in [1.807, 2.05) is 6.92 Å². The molecule has 5 heterocycles. The number of carbonyl (C=O) groups excluding carboxylic acids is 5. The Kier molecular flexibility index (Phi) is 85.5. The van der Waals surface area contributed by atoms with Crippen LogP contribution in [0.4, 0.5) is 0 Å². The van der Waals surface area contributed by atoms with Crippen molar-refractivity contribution in [1.29, 1.82) is 0 Å². The Labute approximate surface area is 632 Å². The van der Waals surface area contributed by atoms with Crippen molar-refractivity contribution in [2.45, 2.75) is 165 Å². The summed E-state index contributed by atoms with van der Waals surface area (Å²) in [5.41, 5.74) is -1.45. The van der Waals surface area contributed by atoms with E-state index in [4.69, 9.17) is 29.7 Å². The number of hydrogen-bond donors (Lipinski definition) is 5. The molecule has 3 radical (unpaired) electrons. The van der Waals surface area contributed by atoms with Crippen LogP contribution in [0.2, 0.25) is 0 Å². The summed E-state index contributed by atoms with van der Waals surface area (Å²) in [6, 6.07) is 0. The number of alkyl halides is 1. The van der Waals surface area contributed by atoms with Gasteiger partial charge in [0, 0.05) is 32.4 Å². The van der Waals surface area contributed by atoms with Gasteiger partial charge in [0.25, 0.3) is 6.47 Å². The number of hydrogen-bond acceptors (Lipinski definition) is 20. The molecule has 0 aromatic heterocycles. The number of ether oxygens (including phenoxy) is 4. The van der Waals surface area contributed by atoms with Crippen molar-refractivity contribution in [3.05, 3.63) is 0 Å². The summed E-state index contributed by atoms with van der Waals surface area (Å²) in [5.74, 6) is 1.14. The maximum absolute atomic E-state index is 12.2. The van der Waals surface area contributed by atoms with Gasteiger partial charge < -0.3 is 101 Å². The van der Waals surface area contributed by atoms with Crippen molar-refractivity contribution in [2.75, 3.05) is 152 Å². The van der Waals surface area contributed by atoms with E-state index in [1.165, 1.54) is 109 Å². The van der Waals surface area contributed by atoms with Gasteiger partial charge in [-0.2, -0.15) is 0 Å². The number of nitrogens with zero attached hydrogens (tertiary/aromatic N) is 4. The van der Waals surface area contributed by atoms with Gasteiger partial charge in [-0.3, -0.25) is 24.0 Å². The van der Waals surface area contributed by atoms with Crippen LogP contribution in [0.25, 0.3) is 0 Å². The third kappa shape index (κ3) is 54.5. The minimum atomic E-state index is -1.17. The van der Waals surface area contributed by atoms with Gasteiger partial charge in [-0.1, -0.05) is 30.3 Å². The standard InChI is InChI=1S/C16H29NO4.C12H25NO2.C8H16BrN.C8H17NO.C8H14O4.C7H15NO.CH2O3.CH4.B.Ca.2ClH.2Na.H/c1-5-20-14(18)16(3,15(19)21-6-2)10-7-13-8-11-17(4)12-9-13;1-12(9-14,10-15)6-3-11-4-7-13(2)8-5-11;1-10-6-3-8(2-5-9)4-7-10;1-9-5-2-8(3-6-9)4-7-10;1-4-11-7(9)6(3)8(10)12-5-2;9-6-3-7-1-4-8-5-2-7;2-1-4-3;;;;;;;;/h13H,5-12H2,1-4H3;11,14-15H,3-10H2,1-2H3;8H,2-7H2,1H3;8,10H,2-7H2,1H3;6H,4-5H2,1-3H3;7-9H,1-6H2;1,3H;1H4;;;2*1H;;;/q;;;;;;;;;+2;;;2*+1;-1/p-3. The van der Waals surface area contributed by atoms with E-state index in [9.17, 15) is 29.4 Å². The maximum Gasteiger partial charge on any atom is 2.00 e. The molecular weight excluding hydrogens is 1290 g/mol. The van der Waals surface area contributed by atoms with Gasteiger partial charge in [0.05, 0.1) is 39.6 Å². The van der Waals surface area contributed by atoms with Crippen LogP contribution in [0.15, 0.2) is 0 Å². The number of halogens is 3. The second kappa shape index (κ2) is 69.7. The Morgan fingerprint density at radius 2 is 0.841 bits per heavy atom. The van der Waals surface area contributed by atoms with Crippen molar-refractivity contribution in [3.63, 3.8) is 0 Å². The molecular formula is C61H122BBrCaCl2N5Na2O15. The van der Waals surface area contributed by atoms with Crippen LogP contribution in [0.3, 0.4) is 0 Å². The molecule has 509 valence electrons. The fourth-order valence-electron chi connectivity index (χ4n) is 9.85. The van der Waals surface area contributed by atoms with Crippen LogP contribution in [0.1, 0.15) is 166 Å². The van der Waals surface area contributed by atoms with Crippen molar-refractivity contribution in [2.24, 2.45) is 46.3 Å². The second-order valence-corrected chi connectivity index (χ2v) is 23.9. The second-order valence-electron chi connectivity index (χ2n) is 23.1. The molecule has 5 aliphatic heterocycles. The van der Waals surface area contributed by atoms with E-state index in [2.05, 4.69) is 83.4 Å². The molecule has 5 aliphatic rings. The van der Waals surface area contributed by atoms with Crippen LogP contribution in [0.5, 0.6) is 0 Å². The fourth-order valence-corrected chi connectivity index (χ4v) is 10.5. The van der Waals surface area contributed by atoms with E-state index in [-0.39, 0.29) is 190 Å². The number of aliphatic hydroxyl groups is 4. The van der Waals surface area contributed by atoms with E-state index in [1.54, 1.807) is 34.6 Å². The van der Waals surface area contributed by atoms with E-state index in [0.29, 0.717) is 25.6 Å². The Morgan fingerprint density at radius 3 is 1.10 bits per heavy atom. The third-order valence-electron chi connectivity index (χ3n) is 16.1. The molecule has 20 nitrogen and oxygen atoms in total. The zero-order valence-corrected chi connectivity index (χ0v) is 65.8. The minimum absolute atomic E-state index is 0. The Morgan fingerprint density at radius 1 is 0.568 bits per heavy atom. The molecule has 0 amide bonds. The van der Waals surface area contributed by atoms with Crippen LogP contribution in [-0.4, -0.2) is 268 Å². The predicted octanol–water partition coefficient (Wildman–Crippen LogP) is -6.28. The number of aliphatic hydroxyl groups excluding tert-OH is 4. The number of piperidine rings is 5. The average molecular weight is 1410 g/mol. The molecule has 0 aromatic rings. The molecule has 0 aliphatic carbocycles. The summed E-state index contributed by atoms with van der Waals surface area (Å²) in [6.45, 7) is 25.7. The molecule has 0 aromatic carbocycles. The predicted molar refractivity (Wildman–Crippen MR) is 339 cm³/mol. The number of likely N-dealkylation sites (tertiary alicyclic amines) is 4. The van der Waals surface area contributed by atoms with Crippen molar-refractivity contribution >= 4 is 92.4 Å². The Hall–Kier alpha value is 1.33. The van der Waals surface area contributed by atoms with Crippen LogP contribution in [0, 0.1) is 46.3 Å². The molecule has 5 saturated heterocycles. The first-order valence-electron chi connectivity index (χ1n) is 30.5. The molecule has 27 heteroatoms. The number of esters is 4. The molecule has 0 atom stereocenters. The smallest absolute Gasteiger partial charge is 1.00 e. The molecule has 0 spiro atoms. The molecule has 5 fully saturated rings. The quantitative estimate of drug-likeness (QED) is 0.00932. The van der Waals surface area contributed by atoms with Gasteiger partial charge in [0.15, 0.2) is 11.3 Å². The molecule has 0 unspecified atom stereocenters. The summed E-state index contributed by atoms with van der Waals surface area (Å²) in [6.07, 6.45) is 19.5. The van der Waals surface area contributed by atoms with Gasteiger partial charge in [-0.15, -0.1) is 0 Å². The Bertz CT molecular complexity index is 1520. The van der Waals surface area contributed by atoms with Gasteiger partial charge in [-0.25, -0.2) is 0 Å². The molecule has 0 saturated carbocycles. The SMILES string of the molecule is C.CCOC(=O)C(C)(CCC1CCN(C)CC1)C(=O)OCC.CCOC(=O)C(C)C(=O)OCC.CN1CCC(CCBr)CC1.CN1CCC(CCC(C)(CO)CO)CC1.CN1CCC(CCO)CC1.O=CO[O-].OCCC1CCNCC1.[B].[Ca+2].[Cl-].[Cl-].[H-].[Na+].[Na+]. The monoisotopic (exact) mass is 1410 g/mol. The van der Waals surface area contributed by atoms with Gasteiger partial charge in [0.2, 0.25) is 0 Å². The van der Waals surface area contributed by atoms with Gasteiger partial charge in [0.1, 0.15) is 0 Å². The van der Waals surface area contributed by atoms with Crippen LogP contribution < -0.4 is 94.5 Å². The van der Waals surface area contributed by atoms with Crippen LogP contribution in [-0.2, 0) is 47.8 Å². The fraction of sp³-hybridized carbons (Fsp3) is 0.918. The summed E-state index contributed by atoms with van der Waals surface area (Å²) >= 11 is 3.49. The first-order valence-corrected chi connectivity index (χ1v) is 31.6. The Balaban J connectivity index is -0.000000104. The normalized spacial score (nSPS) is 16.9. The third-order valence-corrected chi connectivity index (χ3v) is 16.6. The summed E-state index contributed by atoms with van der Waals surface area (Å²) in [7, 11) is 8.67. The maximum atomic E-state index is 12.2. The molecule has 0 bridgehead atoms. The summed E-state index contributed by atoms with van der Waals surface area (Å²) in [4.78, 5) is 66.9. The van der Waals surface area contributed by atoms with Crippen molar-refractivity contribution < 1.29 is 159 Å². The first kappa shape index (κ1) is 108. The minimum Gasteiger partial charge on any atom is -1.00 e. The zero-order chi connectivity index (χ0) is 61.5. The van der Waals surface area contributed by atoms with Gasteiger partial charge >= 0.3 is 121 Å². The van der Waals surface area contributed by atoms with Crippen LogP contribution >= 0.6 is 15.9 Å². The van der Waals surface area contributed by atoms with E-state index < -0.39 is 35.2 Å². The molecule has 5 N–H and O–H groups in total. The molecule has 5 rings (SSSR count). The van der Waals surface area contributed by atoms with Crippen molar-refractivity contribution in [1.82, 2.24) is 24.9 Å². The largest absolute Gasteiger partial charge is 2.00 e. The van der Waals surface area contributed by atoms with Crippen molar-refractivity contribution in [3.8, 4) is 0 Å².